The van der Waals surface area contributed by atoms with Gasteiger partial charge in [-0.15, -0.1) is 0 Å². The minimum atomic E-state index is -5.52. The van der Waals surface area contributed by atoms with Crippen LogP contribution in [0, 0.1) is 29.1 Å². The molecule has 20 heavy (non-hydrogen) atoms. The van der Waals surface area contributed by atoms with E-state index < -0.39 is 44.1 Å². The molecule has 1 aromatic rings. The van der Waals surface area contributed by atoms with Gasteiger partial charge in [0.1, 0.15) is 0 Å². The maximum Gasteiger partial charge on any atom is 0.300 e. The van der Waals surface area contributed by atoms with E-state index in [0.29, 0.717) is 0 Å². The normalized spacial score (nSPS) is 11.9. The van der Waals surface area contributed by atoms with E-state index in [1.165, 1.54) is 0 Å². The summed E-state index contributed by atoms with van der Waals surface area (Å²) in [6.07, 6.45) is 0. The molecule has 0 bridgehead atoms. The number of halogens is 5. The minimum absolute atomic E-state index is 1.00. The summed E-state index contributed by atoms with van der Waals surface area (Å²) in [4.78, 5) is -2.26. The van der Waals surface area contributed by atoms with Crippen LogP contribution in [0.1, 0.15) is 0 Å². The van der Waals surface area contributed by atoms with E-state index in [1.54, 1.807) is 0 Å². The van der Waals surface area contributed by atoms with Crippen molar-refractivity contribution in [3.05, 3.63) is 29.1 Å². The summed E-state index contributed by atoms with van der Waals surface area (Å²) in [6.45, 7) is 0. The monoisotopic (exact) mass is 322 g/mol. The zero-order chi connectivity index (χ0) is 16.5. The van der Waals surface area contributed by atoms with E-state index in [2.05, 4.69) is 28.2 Å². The molecule has 0 amide bonds. The summed E-state index contributed by atoms with van der Waals surface area (Å²) in [5.74, 6) is -12.6. The maximum atomic E-state index is 12.6. The minimum Gasteiger partial charge on any atom is -0.333 e. The molecule has 0 aromatic heterocycles. The number of hydrogen-bond donors (Lipinski definition) is 1. The molecular weight excluding hydrogens is 309 g/mol. The number of benzene rings is 1. The first-order valence-electron chi connectivity index (χ1n) is 4.95. The van der Waals surface area contributed by atoms with Crippen molar-refractivity contribution in [2.24, 2.45) is 0 Å². The average molecular weight is 322 g/mol. The number of hydrogen-bond acceptors (Lipinski definition) is 2. The van der Waals surface area contributed by atoms with Gasteiger partial charge in [0.25, 0.3) is 0 Å². The third kappa shape index (κ3) is 5.02. The molecule has 0 aliphatic carbocycles. The molecule has 0 fully saturated rings. The van der Waals surface area contributed by atoms with Gasteiger partial charge >= 0.3 is 10.1 Å². The fourth-order valence-electron chi connectivity index (χ4n) is 0.811. The highest BCUT2D eigenvalue weighted by Gasteiger charge is 2.32. The van der Waals surface area contributed by atoms with Crippen LogP contribution in [-0.4, -0.2) is 45.6 Å². The van der Waals surface area contributed by atoms with Crippen LogP contribution in [0.4, 0.5) is 22.0 Å². The van der Waals surface area contributed by atoms with Gasteiger partial charge in [-0.3, -0.25) is 4.55 Å². The van der Waals surface area contributed by atoms with Gasteiger partial charge in [-0.1, -0.05) is 0 Å². The molecule has 0 aliphatic rings. The topological polar surface area (TPSA) is 54.4 Å². The fourth-order valence-corrected chi connectivity index (χ4v) is 1.44. The SMILES string of the molecule is C[N+](C)(C)C.O=S(=O)(O)c1c(F)c(F)c(F)c(F)c1F. The summed E-state index contributed by atoms with van der Waals surface area (Å²) in [7, 11) is 2.98. The molecular formula is C10H13F5NO3S+. The lowest BCUT2D eigenvalue weighted by molar-refractivity contribution is -0.849. The van der Waals surface area contributed by atoms with Crippen LogP contribution >= 0.6 is 0 Å². The molecule has 1 N–H and O–H groups in total. The number of nitrogens with zero attached hydrogens (tertiary/aromatic N) is 1. The number of quaternary nitrogens is 1. The Bertz CT molecular complexity index is 575. The van der Waals surface area contributed by atoms with Crippen molar-refractivity contribution in [2.45, 2.75) is 4.90 Å². The van der Waals surface area contributed by atoms with Crippen LogP contribution in [-0.2, 0) is 10.1 Å². The van der Waals surface area contributed by atoms with Crippen LogP contribution < -0.4 is 0 Å². The Morgan fingerprint density at radius 2 is 0.950 bits per heavy atom. The van der Waals surface area contributed by atoms with Gasteiger partial charge in [-0.25, -0.2) is 22.0 Å². The van der Waals surface area contributed by atoms with E-state index in [1.807, 2.05) is 0 Å². The first kappa shape index (κ1) is 18.7. The third-order valence-corrected chi connectivity index (χ3v) is 2.30. The fraction of sp³-hybridized carbons (Fsp3) is 0.400. The highest BCUT2D eigenvalue weighted by atomic mass is 32.2. The Labute approximate surface area is 112 Å². The summed E-state index contributed by atoms with van der Waals surface area (Å²) in [5, 5.41) is 0. The number of rotatable bonds is 1. The smallest absolute Gasteiger partial charge is 0.300 e. The molecule has 0 atom stereocenters. The molecule has 0 radical (unpaired) electrons. The first-order chi connectivity index (χ1) is 8.68. The van der Waals surface area contributed by atoms with Gasteiger partial charge in [0.2, 0.25) is 5.82 Å². The van der Waals surface area contributed by atoms with Crippen LogP contribution in [0.15, 0.2) is 4.90 Å². The second kappa shape index (κ2) is 6.02. The average Bonchev–Trinajstić information content (AvgIpc) is 2.19. The largest absolute Gasteiger partial charge is 0.333 e. The Morgan fingerprint density at radius 1 is 0.750 bits per heavy atom. The molecule has 4 nitrogen and oxygen atoms in total. The molecule has 1 rings (SSSR count). The van der Waals surface area contributed by atoms with E-state index >= 15 is 0 Å². The second-order valence-electron chi connectivity index (χ2n) is 5.06. The third-order valence-electron chi connectivity index (χ3n) is 1.43. The predicted molar refractivity (Wildman–Crippen MR) is 60.0 cm³/mol. The summed E-state index contributed by atoms with van der Waals surface area (Å²) < 4.78 is 92.3. The zero-order valence-corrected chi connectivity index (χ0v) is 11.8. The van der Waals surface area contributed by atoms with Crippen LogP contribution in [0.5, 0.6) is 0 Å². The lowest BCUT2D eigenvalue weighted by Gasteiger charge is -2.14. The molecule has 0 heterocycles. The Hall–Kier alpha value is -1.26. The quantitative estimate of drug-likeness (QED) is 0.283. The lowest BCUT2D eigenvalue weighted by atomic mass is 10.3. The van der Waals surface area contributed by atoms with Crippen molar-refractivity contribution < 1.29 is 39.4 Å². The van der Waals surface area contributed by atoms with Crippen LogP contribution in [0.2, 0.25) is 0 Å². The molecule has 10 heteroatoms. The summed E-state index contributed by atoms with van der Waals surface area (Å²) in [5.41, 5.74) is 0. The maximum absolute atomic E-state index is 12.6. The summed E-state index contributed by atoms with van der Waals surface area (Å²) in [6, 6.07) is 0. The van der Waals surface area contributed by atoms with E-state index in [0.717, 1.165) is 4.48 Å². The zero-order valence-electron chi connectivity index (χ0n) is 11.0. The van der Waals surface area contributed by atoms with E-state index in [9.17, 15) is 30.4 Å². The van der Waals surface area contributed by atoms with Gasteiger partial charge in [0.05, 0.1) is 28.2 Å². The van der Waals surface area contributed by atoms with Gasteiger partial charge in [-0.05, 0) is 0 Å². The molecule has 0 aliphatic heterocycles. The van der Waals surface area contributed by atoms with Crippen LogP contribution in [0.25, 0.3) is 0 Å². The van der Waals surface area contributed by atoms with Crippen molar-refractivity contribution in [3.63, 3.8) is 0 Å². The second-order valence-corrected chi connectivity index (χ2v) is 6.42. The predicted octanol–water partition coefficient (Wildman–Crippen LogP) is 1.95. The highest BCUT2D eigenvalue weighted by molar-refractivity contribution is 7.85. The molecule has 0 saturated carbocycles. The molecule has 1 aromatic carbocycles. The molecule has 0 saturated heterocycles. The van der Waals surface area contributed by atoms with E-state index in [-0.39, 0.29) is 0 Å². The lowest BCUT2D eigenvalue weighted by Crippen LogP contribution is -2.27. The molecule has 0 unspecified atom stereocenters. The van der Waals surface area contributed by atoms with Gasteiger partial charge in [0, 0.05) is 0 Å². The Balaban J connectivity index is 0.000000621. The van der Waals surface area contributed by atoms with Crippen molar-refractivity contribution in [1.82, 2.24) is 0 Å². The van der Waals surface area contributed by atoms with Crippen molar-refractivity contribution in [2.75, 3.05) is 28.2 Å². The Kier molecular flexibility index (Phi) is 5.64. The van der Waals surface area contributed by atoms with Crippen molar-refractivity contribution in [3.8, 4) is 0 Å². The molecule has 116 valence electrons. The van der Waals surface area contributed by atoms with Crippen LogP contribution in [0.3, 0.4) is 0 Å². The van der Waals surface area contributed by atoms with Gasteiger partial charge < -0.3 is 4.48 Å². The Morgan fingerprint density at radius 3 is 1.15 bits per heavy atom. The van der Waals surface area contributed by atoms with Crippen molar-refractivity contribution in [1.29, 1.82) is 0 Å². The highest BCUT2D eigenvalue weighted by Crippen LogP contribution is 2.26. The standard InChI is InChI=1S/C6HF5O3S.C4H12N/c7-1-2(8)4(10)6(15(12,13)14)5(11)3(1)9;1-5(2,3)4/h(H,12,13,14);1-4H3/q;+1. The molecule has 0 spiro atoms. The first-order valence-corrected chi connectivity index (χ1v) is 6.39. The summed E-state index contributed by atoms with van der Waals surface area (Å²) >= 11 is 0. The van der Waals surface area contributed by atoms with Crippen molar-refractivity contribution >= 4 is 10.1 Å². The van der Waals surface area contributed by atoms with Gasteiger partial charge in [0.15, 0.2) is 28.2 Å². The van der Waals surface area contributed by atoms with Gasteiger partial charge in [-0.2, -0.15) is 8.42 Å². The van der Waals surface area contributed by atoms with E-state index in [4.69, 9.17) is 4.55 Å².